The lowest BCUT2D eigenvalue weighted by molar-refractivity contribution is 0.397. The summed E-state index contributed by atoms with van der Waals surface area (Å²) in [6, 6.07) is 11.5. The summed E-state index contributed by atoms with van der Waals surface area (Å²) in [5.41, 5.74) is 1.02. The predicted octanol–water partition coefficient (Wildman–Crippen LogP) is 3.47. The third kappa shape index (κ3) is 2.19. The molecule has 2 N–H and O–H groups in total. The first-order valence-electron chi connectivity index (χ1n) is 5.76. The average Bonchev–Trinajstić information content (AvgIpc) is 2.92. The number of aromatic hydroxyl groups is 2. The zero-order chi connectivity index (χ0) is 14.1. The van der Waals surface area contributed by atoms with Gasteiger partial charge in [0.2, 0.25) is 5.82 Å². The van der Waals surface area contributed by atoms with E-state index in [-0.39, 0.29) is 23.0 Å². The van der Waals surface area contributed by atoms with E-state index < -0.39 is 0 Å². The molecule has 0 fully saturated rings. The number of benzene rings is 2. The molecule has 5 nitrogen and oxygen atoms in total. The summed E-state index contributed by atoms with van der Waals surface area (Å²) in [6.07, 6.45) is 0. The second-order valence-corrected chi connectivity index (χ2v) is 4.54. The Labute approximate surface area is 119 Å². The number of rotatable bonds is 2. The molecule has 3 aromatic rings. The molecule has 0 aliphatic rings. The predicted molar refractivity (Wildman–Crippen MR) is 73.5 cm³/mol. The fourth-order valence-corrected chi connectivity index (χ4v) is 1.88. The van der Waals surface area contributed by atoms with Crippen LogP contribution >= 0.6 is 11.6 Å². The van der Waals surface area contributed by atoms with Gasteiger partial charge in [-0.3, -0.25) is 0 Å². The molecule has 0 unspecified atom stereocenters. The molecule has 0 aliphatic carbocycles. The van der Waals surface area contributed by atoms with E-state index in [9.17, 15) is 10.2 Å². The van der Waals surface area contributed by atoms with E-state index in [4.69, 9.17) is 16.1 Å². The fourth-order valence-electron chi connectivity index (χ4n) is 1.75. The summed E-state index contributed by atoms with van der Waals surface area (Å²) in [5, 5.41) is 23.7. The van der Waals surface area contributed by atoms with Gasteiger partial charge in [-0.25, -0.2) is 0 Å². The summed E-state index contributed by atoms with van der Waals surface area (Å²) < 4.78 is 5.11. The van der Waals surface area contributed by atoms with Gasteiger partial charge in [0, 0.05) is 10.6 Å². The Bertz CT molecular complexity index is 753. The molecule has 0 radical (unpaired) electrons. The summed E-state index contributed by atoms with van der Waals surface area (Å²) in [4.78, 5) is 4.19. The lowest BCUT2D eigenvalue weighted by Gasteiger charge is -2.00. The smallest absolute Gasteiger partial charge is 0.262 e. The van der Waals surface area contributed by atoms with E-state index in [1.807, 2.05) is 0 Å². The van der Waals surface area contributed by atoms with Crippen molar-refractivity contribution in [3.8, 4) is 34.3 Å². The molecule has 20 heavy (non-hydrogen) atoms. The van der Waals surface area contributed by atoms with Gasteiger partial charge in [-0.1, -0.05) is 22.8 Å². The van der Waals surface area contributed by atoms with E-state index in [1.165, 1.54) is 6.07 Å². The maximum Gasteiger partial charge on any atom is 0.262 e. The Kier molecular flexibility index (Phi) is 3.04. The van der Waals surface area contributed by atoms with Gasteiger partial charge in [0.25, 0.3) is 5.89 Å². The number of aromatic nitrogens is 2. The number of halogens is 1. The third-order valence-corrected chi connectivity index (χ3v) is 3.03. The lowest BCUT2D eigenvalue weighted by Crippen LogP contribution is -1.82. The molecule has 3 rings (SSSR count). The van der Waals surface area contributed by atoms with E-state index in [0.29, 0.717) is 10.8 Å². The minimum Gasteiger partial charge on any atom is -0.504 e. The highest BCUT2D eigenvalue weighted by atomic mass is 35.5. The maximum absolute atomic E-state index is 9.77. The lowest BCUT2D eigenvalue weighted by atomic mass is 10.2. The quantitative estimate of drug-likeness (QED) is 0.706. The van der Waals surface area contributed by atoms with E-state index >= 15 is 0 Å². The maximum atomic E-state index is 9.77. The molecule has 100 valence electrons. The minimum atomic E-state index is -0.293. The molecule has 0 aliphatic heterocycles. The normalized spacial score (nSPS) is 10.7. The third-order valence-electron chi connectivity index (χ3n) is 2.77. The van der Waals surface area contributed by atoms with E-state index in [2.05, 4.69) is 10.1 Å². The molecule has 0 amide bonds. The van der Waals surface area contributed by atoms with Crippen LogP contribution in [0.5, 0.6) is 11.5 Å². The first kappa shape index (κ1) is 12.5. The Morgan fingerprint density at radius 3 is 2.50 bits per heavy atom. The van der Waals surface area contributed by atoms with Crippen LogP contribution in [-0.2, 0) is 0 Å². The van der Waals surface area contributed by atoms with Crippen molar-refractivity contribution in [2.24, 2.45) is 0 Å². The van der Waals surface area contributed by atoms with E-state index in [1.54, 1.807) is 36.4 Å². The highest BCUT2D eigenvalue weighted by Gasteiger charge is 2.15. The first-order valence-corrected chi connectivity index (χ1v) is 6.14. The fraction of sp³-hybridized carbons (Fsp3) is 0. The molecule has 0 saturated heterocycles. The SMILES string of the molecule is Oc1cccc(-c2nc(-c3ccc(Cl)cc3)no2)c1O. The summed E-state index contributed by atoms with van der Waals surface area (Å²) >= 11 is 5.81. The van der Waals surface area contributed by atoms with Gasteiger partial charge in [-0.15, -0.1) is 0 Å². The van der Waals surface area contributed by atoms with Crippen LogP contribution < -0.4 is 0 Å². The standard InChI is InChI=1S/C14H9ClN2O3/c15-9-6-4-8(5-7-9)13-16-14(20-17-13)10-2-1-3-11(18)12(10)19/h1-7,18-19H. The van der Waals surface area contributed by atoms with Crippen LogP contribution in [0.1, 0.15) is 0 Å². The van der Waals surface area contributed by atoms with Crippen molar-refractivity contribution in [3.63, 3.8) is 0 Å². The second-order valence-electron chi connectivity index (χ2n) is 4.10. The molecule has 2 aromatic carbocycles. The first-order chi connectivity index (χ1) is 9.65. The number of nitrogens with zero attached hydrogens (tertiary/aromatic N) is 2. The summed E-state index contributed by atoms with van der Waals surface area (Å²) in [5.74, 6) is -0.0321. The molecular formula is C14H9ClN2O3. The molecule has 1 aromatic heterocycles. The molecule has 0 bridgehead atoms. The zero-order valence-electron chi connectivity index (χ0n) is 10.1. The Hall–Kier alpha value is -2.53. The number of para-hydroxylation sites is 1. The van der Waals surface area contributed by atoms with Gasteiger partial charge in [-0.2, -0.15) is 4.98 Å². The number of hydrogen-bond acceptors (Lipinski definition) is 5. The Morgan fingerprint density at radius 2 is 1.75 bits per heavy atom. The molecule has 0 saturated carbocycles. The van der Waals surface area contributed by atoms with Crippen LogP contribution in [0, 0.1) is 0 Å². The van der Waals surface area contributed by atoms with Crippen molar-refractivity contribution >= 4 is 11.6 Å². The number of hydrogen-bond donors (Lipinski definition) is 2. The summed E-state index contributed by atoms with van der Waals surface area (Å²) in [7, 11) is 0. The van der Waals surface area contributed by atoms with Gasteiger partial charge in [0.15, 0.2) is 11.5 Å². The molecule has 6 heteroatoms. The second kappa shape index (κ2) is 4.86. The van der Waals surface area contributed by atoms with Crippen LogP contribution in [0.15, 0.2) is 47.0 Å². The van der Waals surface area contributed by atoms with Crippen LogP contribution in [0.4, 0.5) is 0 Å². The van der Waals surface area contributed by atoms with Crippen molar-refractivity contribution in [1.29, 1.82) is 0 Å². The van der Waals surface area contributed by atoms with Gasteiger partial charge in [0.1, 0.15) is 0 Å². The molecule has 0 atom stereocenters. The van der Waals surface area contributed by atoms with Crippen molar-refractivity contribution in [3.05, 3.63) is 47.5 Å². The van der Waals surface area contributed by atoms with Crippen molar-refractivity contribution in [2.45, 2.75) is 0 Å². The van der Waals surface area contributed by atoms with E-state index in [0.717, 1.165) is 5.56 Å². The topological polar surface area (TPSA) is 79.4 Å². The van der Waals surface area contributed by atoms with Gasteiger partial charge >= 0.3 is 0 Å². The highest BCUT2D eigenvalue weighted by Crippen LogP contribution is 2.35. The Morgan fingerprint density at radius 1 is 1.00 bits per heavy atom. The molecular weight excluding hydrogens is 280 g/mol. The molecule has 0 spiro atoms. The molecule has 1 heterocycles. The highest BCUT2D eigenvalue weighted by molar-refractivity contribution is 6.30. The van der Waals surface area contributed by atoms with Crippen molar-refractivity contribution in [2.75, 3.05) is 0 Å². The monoisotopic (exact) mass is 288 g/mol. The van der Waals surface area contributed by atoms with Gasteiger partial charge in [0.05, 0.1) is 5.56 Å². The number of phenolic OH excluding ortho intramolecular Hbond substituents is 2. The van der Waals surface area contributed by atoms with Gasteiger partial charge < -0.3 is 14.7 Å². The van der Waals surface area contributed by atoms with Crippen LogP contribution in [-0.4, -0.2) is 20.4 Å². The van der Waals surface area contributed by atoms with Crippen molar-refractivity contribution < 1.29 is 14.7 Å². The largest absolute Gasteiger partial charge is 0.504 e. The zero-order valence-corrected chi connectivity index (χ0v) is 10.9. The Balaban J connectivity index is 2.02. The van der Waals surface area contributed by atoms with Crippen molar-refractivity contribution in [1.82, 2.24) is 10.1 Å². The van der Waals surface area contributed by atoms with Crippen LogP contribution in [0.2, 0.25) is 5.02 Å². The number of phenols is 2. The minimum absolute atomic E-state index is 0.128. The summed E-state index contributed by atoms with van der Waals surface area (Å²) in [6.45, 7) is 0. The average molecular weight is 289 g/mol. The van der Waals surface area contributed by atoms with Gasteiger partial charge in [-0.05, 0) is 36.4 Å². The van der Waals surface area contributed by atoms with Crippen LogP contribution in [0.3, 0.4) is 0 Å². The van der Waals surface area contributed by atoms with Crippen LogP contribution in [0.25, 0.3) is 22.8 Å².